The molecule has 0 aromatic carbocycles. The average molecular weight is 284 g/mol. The molecule has 0 aliphatic heterocycles. The van der Waals surface area contributed by atoms with Crippen molar-refractivity contribution >= 4 is 9.90 Å². The third kappa shape index (κ3) is 686. The van der Waals surface area contributed by atoms with Crippen molar-refractivity contribution in [3.63, 3.8) is 0 Å². The molecule has 89 valence electrons. The van der Waals surface area contributed by atoms with Crippen molar-refractivity contribution in [3.8, 4) is 0 Å². The van der Waals surface area contributed by atoms with Crippen LogP contribution in [0.15, 0.2) is 0 Å². The van der Waals surface area contributed by atoms with Gasteiger partial charge >= 0.3 is 0 Å². The first-order valence-electron chi connectivity index (χ1n) is 1.00. The van der Waals surface area contributed by atoms with E-state index in [4.69, 9.17) is 0 Å². The van der Waals surface area contributed by atoms with Crippen molar-refractivity contribution in [1.29, 1.82) is 0 Å². The van der Waals surface area contributed by atoms with Crippen molar-refractivity contribution in [2.75, 3.05) is 0 Å². The fourth-order valence-electron chi connectivity index (χ4n) is 0. The Labute approximate surface area is 98.1 Å². The third-order valence-corrected chi connectivity index (χ3v) is 0. The molecule has 0 spiro atoms. The fourth-order valence-corrected chi connectivity index (χ4v) is 0. The van der Waals surface area contributed by atoms with Crippen molar-refractivity contribution in [2.24, 2.45) is 0 Å². The average Bonchev–Trinajstić information content (AvgIpc) is 1.00. The van der Waals surface area contributed by atoms with Crippen LogP contribution >= 0.6 is 9.90 Å². The van der Waals surface area contributed by atoms with E-state index in [0.29, 0.717) is 0 Å². The zero-order valence-electron chi connectivity index (χ0n) is 3.01. The molecular weight excluding hydrogens is 247 g/mol. The van der Waals surface area contributed by atoms with Crippen LogP contribution in [0.25, 0.3) is 0 Å². The van der Waals surface area contributed by atoms with Gasteiger partial charge in [-0.05, 0) is 0 Å². The van der Waals surface area contributed by atoms with Gasteiger partial charge in [-0.15, -0.1) is 0 Å². The van der Waals surface area contributed by atoms with Gasteiger partial charge < -0.3 is 0 Å². The molecule has 0 aromatic heterocycles. The Morgan fingerprint density at radius 1 is 0.455 bits per heavy atom. The van der Waals surface area contributed by atoms with Crippen molar-refractivity contribution in [3.05, 3.63) is 0 Å². The Hall–Kier alpha value is 1.17. The molecule has 2 heteroatoms. The summed E-state index contributed by atoms with van der Waals surface area (Å²) in [5, 5.41) is 0. The predicted molar refractivity (Wildman–Crippen MR) is 69.6 cm³/mol. The van der Waals surface area contributed by atoms with Crippen molar-refractivity contribution in [2.45, 2.75) is 65.8 Å². The first-order chi connectivity index (χ1) is 1.00. The molecule has 0 N–H and O–H groups in total. The van der Waals surface area contributed by atoms with E-state index in [1.807, 2.05) is 13.8 Å². The Kier molecular flexibility index (Phi) is 24700. The standard InChI is InChI=1S/C2H6.7CH4.Ag.H3P/c1-2;;;;;;;;;/h1-2H3;7*1H4;;1H3. The van der Waals surface area contributed by atoms with E-state index in [2.05, 4.69) is 0 Å². The molecular formula is C9H37AgP. The van der Waals surface area contributed by atoms with E-state index in [1.165, 1.54) is 0 Å². The van der Waals surface area contributed by atoms with Crippen LogP contribution in [0.3, 0.4) is 0 Å². The van der Waals surface area contributed by atoms with Gasteiger partial charge in [-0.25, -0.2) is 0 Å². The Morgan fingerprint density at radius 3 is 0.455 bits per heavy atom. The summed E-state index contributed by atoms with van der Waals surface area (Å²) in [7, 11) is 0. The summed E-state index contributed by atoms with van der Waals surface area (Å²) in [6.07, 6.45) is 0. The van der Waals surface area contributed by atoms with Crippen LogP contribution in [0.2, 0.25) is 0 Å². The first kappa shape index (κ1) is 322. The van der Waals surface area contributed by atoms with Gasteiger partial charge in [0.25, 0.3) is 0 Å². The summed E-state index contributed by atoms with van der Waals surface area (Å²) < 4.78 is 0. The largest absolute Gasteiger partial charge is 0.153 e. The van der Waals surface area contributed by atoms with Crippen LogP contribution in [0.1, 0.15) is 65.8 Å². The van der Waals surface area contributed by atoms with Gasteiger partial charge in [-0.3, -0.25) is 0 Å². The Balaban J connectivity index is -0.000000000139. The monoisotopic (exact) mass is 283 g/mol. The van der Waals surface area contributed by atoms with Gasteiger partial charge in [0.1, 0.15) is 0 Å². The molecule has 0 heterocycles. The molecule has 1 atom stereocenters. The smallest absolute Gasteiger partial charge is 0 e. The Bertz CT molecular complexity index is 9.52. The van der Waals surface area contributed by atoms with Crippen molar-refractivity contribution in [1.82, 2.24) is 0 Å². The summed E-state index contributed by atoms with van der Waals surface area (Å²) in [6.45, 7) is 4.00. The van der Waals surface area contributed by atoms with Gasteiger partial charge in [0.15, 0.2) is 0 Å². The normalized spacial score (nSPS) is 0.545. The zero-order valence-corrected chi connectivity index (χ0v) is 5.91. The molecule has 0 aliphatic carbocycles. The van der Waals surface area contributed by atoms with Gasteiger partial charge in [0.05, 0.1) is 0 Å². The molecule has 0 saturated heterocycles. The maximum atomic E-state index is 2.00. The van der Waals surface area contributed by atoms with E-state index < -0.39 is 0 Å². The zero-order chi connectivity index (χ0) is 2.00. The summed E-state index contributed by atoms with van der Waals surface area (Å²) in [6, 6.07) is 0. The van der Waals surface area contributed by atoms with E-state index in [-0.39, 0.29) is 84.3 Å². The van der Waals surface area contributed by atoms with E-state index in [0.717, 1.165) is 0 Å². The first-order valence-corrected chi connectivity index (χ1v) is 1.00. The van der Waals surface area contributed by atoms with Gasteiger partial charge in [0.2, 0.25) is 0 Å². The SMILES string of the molecule is C.C.C.C.C.C.C.CC.P.[Ag]. The van der Waals surface area contributed by atoms with Crippen LogP contribution in [0.4, 0.5) is 0 Å². The van der Waals surface area contributed by atoms with Crippen molar-refractivity contribution < 1.29 is 22.4 Å². The third-order valence-electron chi connectivity index (χ3n) is 0. The maximum absolute atomic E-state index is 2.00. The topological polar surface area (TPSA) is 0 Å². The number of rotatable bonds is 0. The van der Waals surface area contributed by atoms with Crippen LogP contribution in [-0.2, 0) is 22.4 Å². The molecule has 0 saturated carbocycles. The minimum Gasteiger partial charge on any atom is -0.153 e. The second kappa shape index (κ2) is 844. The molecule has 1 unspecified atom stereocenters. The molecule has 1 radical (unpaired) electrons. The number of hydrogen-bond donors (Lipinski definition) is 0. The Morgan fingerprint density at radius 2 is 0.455 bits per heavy atom. The van der Waals surface area contributed by atoms with Gasteiger partial charge in [0, 0.05) is 22.4 Å². The summed E-state index contributed by atoms with van der Waals surface area (Å²) >= 11 is 0. The minimum absolute atomic E-state index is 0. The molecule has 0 fully saturated rings. The molecule has 0 rings (SSSR count). The van der Waals surface area contributed by atoms with E-state index in [1.54, 1.807) is 0 Å². The molecule has 0 aromatic rings. The fraction of sp³-hybridized carbons (Fsp3) is 1.00. The predicted octanol–water partition coefficient (Wildman–Crippen LogP) is 5.53. The molecule has 0 nitrogen and oxygen atoms in total. The molecule has 11 heavy (non-hydrogen) atoms. The second-order valence-corrected chi connectivity index (χ2v) is 0. The van der Waals surface area contributed by atoms with Crippen LogP contribution < -0.4 is 0 Å². The number of hydrogen-bond acceptors (Lipinski definition) is 0. The maximum Gasteiger partial charge on any atom is 0 e. The van der Waals surface area contributed by atoms with E-state index >= 15 is 0 Å². The minimum atomic E-state index is 0. The van der Waals surface area contributed by atoms with Crippen LogP contribution in [-0.4, -0.2) is 0 Å². The second-order valence-electron chi connectivity index (χ2n) is 0. The quantitative estimate of drug-likeness (QED) is 0.405. The molecule has 0 aliphatic rings. The summed E-state index contributed by atoms with van der Waals surface area (Å²) in [5.41, 5.74) is 0. The van der Waals surface area contributed by atoms with Gasteiger partial charge in [-0.1, -0.05) is 65.8 Å². The summed E-state index contributed by atoms with van der Waals surface area (Å²) in [5.74, 6) is 0. The van der Waals surface area contributed by atoms with Gasteiger partial charge in [-0.2, -0.15) is 9.90 Å². The molecule has 0 amide bonds. The van der Waals surface area contributed by atoms with E-state index in [9.17, 15) is 0 Å². The van der Waals surface area contributed by atoms with Crippen LogP contribution in [0.5, 0.6) is 0 Å². The van der Waals surface area contributed by atoms with Crippen LogP contribution in [0, 0.1) is 0 Å². The molecule has 0 bridgehead atoms. The summed E-state index contributed by atoms with van der Waals surface area (Å²) in [4.78, 5) is 0.